The third-order valence-corrected chi connectivity index (χ3v) is 5.13. The van der Waals surface area contributed by atoms with Crippen LogP contribution >= 0.6 is 0 Å². The molecule has 0 saturated carbocycles. The molecule has 1 aliphatic heterocycles. The molecule has 2 aromatic heterocycles. The van der Waals surface area contributed by atoms with Crippen molar-refractivity contribution in [2.24, 2.45) is 5.92 Å². The van der Waals surface area contributed by atoms with Crippen molar-refractivity contribution in [3.8, 4) is 0 Å². The fraction of sp³-hybridized carbons (Fsp3) is 0.667. The SMILES string of the molecule is Cc1cc(N2CCC(NCc3cncn3CC(C)C)CC2)nc(C(C)C)n1. The molecular formula is C21H34N6. The molecule has 0 atom stereocenters. The van der Waals surface area contributed by atoms with Gasteiger partial charge < -0.3 is 14.8 Å². The van der Waals surface area contributed by atoms with Gasteiger partial charge in [0.25, 0.3) is 0 Å². The first-order valence-electron chi connectivity index (χ1n) is 10.2. The normalized spacial score (nSPS) is 15.9. The van der Waals surface area contributed by atoms with Crippen LogP contribution in [0, 0.1) is 12.8 Å². The molecule has 0 amide bonds. The summed E-state index contributed by atoms with van der Waals surface area (Å²) in [6.07, 6.45) is 6.21. The van der Waals surface area contributed by atoms with Crippen molar-refractivity contribution in [2.45, 2.75) is 72.5 Å². The van der Waals surface area contributed by atoms with Gasteiger partial charge in [0.2, 0.25) is 0 Å². The minimum Gasteiger partial charge on any atom is -0.356 e. The Labute approximate surface area is 163 Å². The van der Waals surface area contributed by atoms with Crippen LogP contribution < -0.4 is 10.2 Å². The Hall–Kier alpha value is -1.95. The molecule has 3 heterocycles. The first-order chi connectivity index (χ1) is 12.9. The van der Waals surface area contributed by atoms with Crippen LogP contribution in [-0.4, -0.2) is 38.7 Å². The number of nitrogens with one attached hydrogen (secondary N) is 1. The molecular weight excluding hydrogens is 336 g/mol. The van der Waals surface area contributed by atoms with E-state index in [4.69, 9.17) is 4.98 Å². The van der Waals surface area contributed by atoms with Gasteiger partial charge in [-0.3, -0.25) is 0 Å². The van der Waals surface area contributed by atoms with Gasteiger partial charge in [0.1, 0.15) is 11.6 Å². The van der Waals surface area contributed by atoms with Crippen molar-refractivity contribution < 1.29 is 0 Å². The molecule has 3 rings (SSSR count). The summed E-state index contributed by atoms with van der Waals surface area (Å²) in [6.45, 7) is 14.8. The van der Waals surface area contributed by atoms with E-state index in [1.165, 1.54) is 5.69 Å². The van der Waals surface area contributed by atoms with Gasteiger partial charge in [-0.1, -0.05) is 27.7 Å². The van der Waals surface area contributed by atoms with Gasteiger partial charge in [-0.05, 0) is 25.7 Å². The van der Waals surface area contributed by atoms with Crippen LogP contribution in [0.2, 0.25) is 0 Å². The van der Waals surface area contributed by atoms with Crippen molar-refractivity contribution in [3.05, 3.63) is 35.8 Å². The monoisotopic (exact) mass is 370 g/mol. The number of aryl methyl sites for hydroxylation is 1. The van der Waals surface area contributed by atoms with Crippen LogP contribution in [0.15, 0.2) is 18.6 Å². The Morgan fingerprint density at radius 3 is 2.56 bits per heavy atom. The average Bonchev–Trinajstić information content (AvgIpc) is 3.06. The lowest BCUT2D eigenvalue weighted by molar-refractivity contribution is 0.403. The van der Waals surface area contributed by atoms with Gasteiger partial charge in [0.15, 0.2) is 0 Å². The molecule has 0 spiro atoms. The second-order valence-corrected chi connectivity index (χ2v) is 8.45. The van der Waals surface area contributed by atoms with E-state index in [0.29, 0.717) is 17.9 Å². The highest BCUT2D eigenvalue weighted by Crippen LogP contribution is 2.21. The van der Waals surface area contributed by atoms with Crippen molar-refractivity contribution in [1.82, 2.24) is 24.8 Å². The van der Waals surface area contributed by atoms with Crippen LogP contribution in [0.5, 0.6) is 0 Å². The van der Waals surface area contributed by atoms with Gasteiger partial charge in [-0.2, -0.15) is 0 Å². The van der Waals surface area contributed by atoms with Gasteiger partial charge in [-0.25, -0.2) is 15.0 Å². The van der Waals surface area contributed by atoms with Crippen LogP contribution in [0.3, 0.4) is 0 Å². The summed E-state index contributed by atoms with van der Waals surface area (Å²) in [5.74, 6) is 3.02. The highest BCUT2D eigenvalue weighted by atomic mass is 15.2. The van der Waals surface area contributed by atoms with Crippen LogP contribution in [0.25, 0.3) is 0 Å². The third kappa shape index (κ3) is 5.28. The molecule has 1 saturated heterocycles. The lowest BCUT2D eigenvalue weighted by Crippen LogP contribution is -2.43. The Morgan fingerprint density at radius 1 is 1.15 bits per heavy atom. The number of anilines is 1. The van der Waals surface area contributed by atoms with E-state index in [2.05, 4.69) is 65.4 Å². The van der Waals surface area contributed by atoms with E-state index in [1.807, 2.05) is 12.5 Å². The van der Waals surface area contributed by atoms with E-state index in [9.17, 15) is 0 Å². The molecule has 6 nitrogen and oxygen atoms in total. The molecule has 148 valence electrons. The van der Waals surface area contributed by atoms with Gasteiger partial charge in [0, 0.05) is 56.1 Å². The molecule has 0 aromatic carbocycles. The zero-order valence-corrected chi connectivity index (χ0v) is 17.4. The lowest BCUT2D eigenvalue weighted by Gasteiger charge is -2.33. The Morgan fingerprint density at radius 2 is 1.89 bits per heavy atom. The number of hydrogen-bond acceptors (Lipinski definition) is 5. The van der Waals surface area contributed by atoms with E-state index in [0.717, 1.165) is 56.4 Å². The molecule has 1 aliphatic rings. The van der Waals surface area contributed by atoms with Crippen molar-refractivity contribution in [1.29, 1.82) is 0 Å². The molecule has 6 heteroatoms. The third-order valence-electron chi connectivity index (χ3n) is 5.13. The lowest BCUT2D eigenvalue weighted by atomic mass is 10.0. The molecule has 0 bridgehead atoms. The summed E-state index contributed by atoms with van der Waals surface area (Å²) in [6, 6.07) is 2.67. The Kier molecular flexibility index (Phi) is 6.47. The van der Waals surface area contributed by atoms with Gasteiger partial charge >= 0.3 is 0 Å². The van der Waals surface area contributed by atoms with E-state index in [-0.39, 0.29) is 0 Å². The number of hydrogen-bond donors (Lipinski definition) is 1. The van der Waals surface area contributed by atoms with E-state index >= 15 is 0 Å². The van der Waals surface area contributed by atoms with Crippen molar-refractivity contribution >= 4 is 5.82 Å². The number of aromatic nitrogens is 4. The van der Waals surface area contributed by atoms with Crippen LogP contribution in [0.1, 0.15) is 63.7 Å². The highest BCUT2D eigenvalue weighted by molar-refractivity contribution is 5.40. The number of imidazole rings is 1. The quantitative estimate of drug-likeness (QED) is 0.808. The molecule has 0 unspecified atom stereocenters. The van der Waals surface area contributed by atoms with Crippen LogP contribution in [-0.2, 0) is 13.1 Å². The summed E-state index contributed by atoms with van der Waals surface area (Å²) < 4.78 is 2.27. The maximum absolute atomic E-state index is 4.79. The standard InChI is InChI=1S/C21H34N6/c1-15(2)13-27-14-22-11-19(27)12-23-18-6-8-26(9-7-18)20-10-17(5)24-21(25-20)16(3)4/h10-11,14-16,18,23H,6-9,12-13H2,1-5H3. The second kappa shape index (κ2) is 8.83. The molecule has 27 heavy (non-hydrogen) atoms. The largest absolute Gasteiger partial charge is 0.356 e. The molecule has 2 aromatic rings. The summed E-state index contributed by atoms with van der Waals surface area (Å²) in [5.41, 5.74) is 2.33. The first kappa shape index (κ1) is 19.8. The summed E-state index contributed by atoms with van der Waals surface area (Å²) in [7, 11) is 0. The summed E-state index contributed by atoms with van der Waals surface area (Å²) in [4.78, 5) is 16.1. The summed E-state index contributed by atoms with van der Waals surface area (Å²) >= 11 is 0. The maximum atomic E-state index is 4.79. The summed E-state index contributed by atoms with van der Waals surface area (Å²) in [5, 5.41) is 3.73. The number of piperidine rings is 1. The maximum Gasteiger partial charge on any atom is 0.133 e. The van der Waals surface area contributed by atoms with Crippen molar-refractivity contribution in [3.63, 3.8) is 0 Å². The molecule has 0 radical (unpaired) electrons. The first-order valence-corrected chi connectivity index (χ1v) is 10.2. The Balaban J connectivity index is 1.53. The fourth-order valence-corrected chi connectivity index (χ4v) is 3.61. The predicted molar refractivity (Wildman–Crippen MR) is 110 cm³/mol. The van der Waals surface area contributed by atoms with Crippen molar-refractivity contribution in [2.75, 3.05) is 18.0 Å². The van der Waals surface area contributed by atoms with E-state index in [1.54, 1.807) is 0 Å². The molecule has 1 fully saturated rings. The Bertz CT molecular complexity index is 728. The predicted octanol–water partition coefficient (Wildman–Crippen LogP) is 3.52. The minimum atomic E-state index is 0.360. The number of nitrogens with zero attached hydrogens (tertiary/aromatic N) is 5. The zero-order chi connectivity index (χ0) is 19.4. The van der Waals surface area contributed by atoms with E-state index < -0.39 is 0 Å². The highest BCUT2D eigenvalue weighted by Gasteiger charge is 2.21. The molecule has 0 aliphatic carbocycles. The average molecular weight is 371 g/mol. The second-order valence-electron chi connectivity index (χ2n) is 8.45. The topological polar surface area (TPSA) is 58.9 Å². The fourth-order valence-electron chi connectivity index (χ4n) is 3.61. The van der Waals surface area contributed by atoms with Gasteiger partial charge in [-0.15, -0.1) is 0 Å². The molecule has 1 N–H and O–H groups in total. The smallest absolute Gasteiger partial charge is 0.133 e. The zero-order valence-electron chi connectivity index (χ0n) is 17.4. The van der Waals surface area contributed by atoms with Crippen LogP contribution in [0.4, 0.5) is 5.82 Å². The minimum absolute atomic E-state index is 0.360. The number of rotatable bonds is 7. The van der Waals surface area contributed by atoms with Gasteiger partial charge in [0.05, 0.1) is 12.0 Å².